The lowest BCUT2D eigenvalue weighted by molar-refractivity contribution is -0.126. The molecule has 0 unspecified atom stereocenters. The average molecular weight is 590 g/mol. The van der Waals surface area contributed by atoms with Gasteiger partial charge in [0.25, 0.3) is 5.91 Å². The highest BCUT2D eigenvalue weighted by molar-refractivity contribution is 7.20. The number of amides is 1. The summed E-state index contributed by atoms with van der Waals surface area (Å²) in [5, 5.41) is 11.1. The van der Waals surface area contributed by atoms with Crippen molar-refractivity contribution in [3.63, 3.8) is 0 Å². The number of hydrogen-bond donors (Lipinski definition) is 2. The number of alkyl halides is 3. The third-order valence-electron chi connectivity index (χ3n) is 7.38. The lowest BCUT2D eigenvalue weighted by Crippen LogP contribution is -2.45. The Balaban J connectivity index is 1.44. The zero-order chi connectivity index (χ0) is 28.8. The highest BCUT2D eigenvalue weighted by Crippen LogP contribution is 2.40. The number of carbonyl (C=O) groups is 1. The van der Waals surface area contributed by atoms with Crippen LogP contribution in [0.2, 0.25) is 0 Å². The summed E-state index contributed by atoms with van der Waals surface area (Å²) in [5.74, 6) is 5.72. The smallest absolute Gasteiger partial charge is 0.381 e. The van der Waals surface area contributed by atoms with E-state index in [1.807, 2.05) is 6.07 Å². The maximum Gasteiger partial charge on any atom is 0.393 e. The minimum atomic E-state index is -4.38. The van der Waals surface area contributed by atoms with Gasteiger partial charge in [0.05, 0.1) is 66.4 Å². The molecule has 1 saturated heterocycles. The van der Waals surface area contributed by atoms with Crippen molar-refractivity contribution in [2.45, 2.75) is 38.0 Å². The van der Waals surface area contributed by atoms with E-state index in [2.05, 4.69) is 39.5 Å². The summed E-state index contributed by atoms with van der Waals surface area (Å²) in [5.41, 5.74) is 1.36. The number of anilines is 1. The number of fused-ring (bicyclic) bond motifs is 4. The van der Waals surface area contributed by atoms with Gasteiger partial charge in [-0.25, -0.2) is 0 Å². The first-order chi connectivity index (χ1) is 19.8. The molecule has 5 rings (SSSR count). The van der Waals surface area contributed by atoms with Crippen LogP contribution >= 0.6 is 11.3 Å². The van der Waals surface area contributed by atoms with Crippen LogP contribution in [-0.2, 0) is 22.4 Å². The van der Waals surface area contributed by atoms with Gasteiger partial charge in [-0.15, -0.1) is 11.3 Å². The first-order valence-electron chi connectivity index (χ1n) is 13.8. The van der Waals surface area contributed by atoms with Gasteiger partial charge in [0, 0.05) is 25.4 Å². The van der Waals surface area contributed by atoms with E-state index in [-0.39, 0.29) is 24.1 Å². The van der Waals surface area contributed by atoms with Gasteiger partial charge in [0.2, 0.25) is 0 Å². The molecule has 2 aromatic heterocycles. The molecule has 1 fully saturated rings. The Kier molecular flexibility index (Phi) is 9.49. The van der Waals surface area contributed by atoms with Crippen molar-refractivity contribution in [1.82, 2.24) is 20.0 Å². The van der Waals surface area contributed by atoms with Gasteiger partial charge in [-0.2, -0.15) is 18.3 Å². The van der Waals surface area contributed by atoms with Crippen molar-refractivity contribution in [3.8, 4) is 11.8 Å². The topological polar surface area (TPSA) is 80.7 Å². The highest BCUT2D eigenvalue weighted by atomic mass is 32.1. The molecule has 41 heavy (non-hydrogen) atoms. The Morgan fingerprint density at radius 2 is 1.98 bits per heavy atom. The molecule has 0 spiro atoms. The fourth-order valence-electron chi connectivity index (χ4n) is 5.33. The van der Waals surface area contributed by atoms with Crippen LogP contribution in [0, 0.1) is 17.8 Å². The summed E-state index contributed by atoms with van der Waals surface area (Å²) < 4.78 is 54.8. The summed E-state index contributed by atoms with van der Waals surface area (Å²) in [4.78, 5) is 15.2. The molecule has 0 radical (unpaired) electrons. The molecule has 2 N–H and O–H groups in total. The van der Waals surface area contributed by atoms with Crippen LogP contribution in [0.4, 0.5) is 18.9 Å². The number of benzene rings is 1. The standard InChI is InChI=1S/C29H34F3N5O3S/c1-36-10-7-24-20(18-36)8-12-39-14-15-40-13-11-37-19-21(17-34-37)28(38)33-9-3-6-26-23(16-29(30,31)32)22-4-2-5-25(35-24)27(22)41-26/h2,4-5,17,19-20,24,35H,7-16,18H2,1H3,(H,33,38)/t20-,24-/m1/s1. The van der Waals surface area contributed by atoms with Crippen molar-refractivity contribution in [3.05, 3.63) is 46.6 Å². The minimum Gasteiger partial charge on any atom is -0.381 e. The minimum absolute atomic E-state index is 0.00476. The first-order valence-corrected chi connectivity index (χ1v) is 14.6. The van der Waals surface area contributed by atoms with E-state index in [0.29, 0.717) is 54.7 Å². The Morgan fingerprint density at radius 1 is 1.15 bits per heavy atom. The van der Waals surface area contributed by atoms with E-state index >= 15 is 0 Å². The number of hydrogen-bond acceptors (Lipinski definition) is 7. The average Bonchev–Trinajstić information content (AvgIpc) is 3.54. The van der Waals surface area contributed by atoms with Crippen LogP contribution < -0.4 is 10.6 Å². The van der Waals surface area contributed by atoms with Crippen LogP contribution in [0.3, 0.4) is 0 Å². The van der Waals surface area contributed by atoms with Crippen molar-refractivity contribution in [2.75, 3.05) is 58.4 Å². The van der Waals surface area contributed by atoms with Crippen LogP contribution in [0.5, 0.6) is 0 Å². The molecule has 12 heteroatoms. The quantitative estimate of drug-likeness (QED) is 0.416. The lowest BCUT2D eigenvalue weighted by atomic mass is 9.89. The number of aromatic nitrogens is 2. The van der Waals surface area contributed by atoms with Gasteiger partial charge < -0.3 is 25.0 Å². The summed E-state index contributed by atoms with van der Waals surface area (Å²) in [7, 11) is 2.11. The van der Waals surface area contributed by atoms with E-state index in [4.69, 9.17) is 9.47 Å². The van der Waals surface area contributed by atoms with Gasteiger partial charge in [0.15, 0.2) is 0 Å². The lowest BCUT2D eigenvalue weighted by Gasteiger charge is -2.38. The number of piperidine rings is 1. The molecule has 4 bridgehead atoms. The Morgan fingerprint density at radius 3 is 2.80 bits per heavy atom. The molecule has 2 atom stereocenters. The van der Waals surface area contributed by atoms with Crippen molar-refractivity contribution in [1.29, 1.82) is 0 Å². The van der Waals surface area contributed by atoms with Gasteiger partial charge in [-0.1, -0.05) is 24.0 Å². The van der Waals surface area contributed by atoms with Crippen LogP contribution in [-0.4, -0.2) is 85.9 Å². The predicted molar refractivity (Wildman–Crippen MR) is 152 cm³/mol. The van der Waals surface area contributed by atoms with Crippen molar-refractivity contribution in [2.24, 2.45) is 5.92 Å². The maximum absolute atomic E-state index is 13.6. The summed E-state index contributed by atoms with van der Waals surface area (Å²) in [6, 6.07) is 5.62. The molecular formula is C29H34F3N5O3S. The van der Waals surface area contributed by atoms with Gasteiger partial charge >= 0.3 is 6.18 Å². The molecule has 0 aliphatic carbocycles. The molecule has 4 heterocycles. The molecular weight excluding hydrogens is 555 g/mol. The molecule has 2 aliphatic heterocycles. The largest absolute Gasteiger partial charge is 0.393 e. The molecule has 8 nitrogen and oxygen atoms in total. The second kappa shape index (κ2) is 13.2. The second-order valence-corrected chi connectivity index (χ2v) is 11.5. The van der Waals surface area contributed by atoms with Gasteiger partial charge in [-0.05, 0) is 49.4 Å². The first kappa shape index (κ1) is 29.4. The van der Waals surface area contributed by atoms with Crippen molar-refractivity contribution >= 4 is 33.0 Å². The SMILES string of the molecule is CN1CC[C@H]2Nc3cccc4c(CC(F)(F)F)c(sc34)C#CCNC(=O)c3cnn(c3)CCOCCOCC[C@@H]2C1. The molecule has 1 aromatic carbocycles. The Labute approximate surface area is 241 Å². The monoisotopic (exact) mass is 589 g/mol. The molecule has 220 valence electrons. The number of halogens is 3. The number of nitrogens with zero attached hydrogens (tertiary/aromatic N) is 3. The number of carbonyl (C=O) groups excluding carboxylic acids is 1. The van der Waals surface area contributed by atoms with E-state index < -0.39 is 12.6 Å². The van der Waals surface area contributed by atoms with Gasteiger partial charge in [0.1, 0.15) is 0 Å². The molecule has 3 aromatic rings. The van der Waals surface area contributed by atoms with E-state index in [0.717, 1.165) is 36.3 Å². The third-order valence-corrected chi connectivity index (χ3v) is 8.57. The van der Waals surface area contributed by atoms with Crippen LogP contribution in [0.25, 0.3) is 10.1 Å². The fraction of sp³-hybridized carbons (Fsp3) is 0.517. The number of ether oxygens (including phenoxy) is 2. The zero-order valence-electron chi connectivity index (χ0n) is 22.9. The Bertz CT molecular complexity index is 1410. The normalized spacial score (nSPS) is 21.9. The Hall–Kier alpha value is -3.11. The van der Waals surface area contributed by atoms with Gasteiger partial charge in [-0.3, -0.25) is 9.48 Å². The summed E-state index contributed by atoms with van der Waals surface area (Å²) in [6.07, 6.45) is -0.586. The predicted octanol–water partition coefficient (Wildman–Crippen LogP) is 4.15. The molecule has 1 amide bonds. The number of likely N-dealkylation sites (tertiary alicyclic amines) is 1. The van der Waals surface area contributed by atoms with E-state index in [9.17, 15) is 18.0 Å². The number of nitrogens with one attached hydrogen (secondary N) is 2. The molecule has 2 aliphatic rings. The van der Waals surface area contributed by atoms with E-state index in [1.54, 1.807) is 23.0 Å². The highest BCUT2D eigenvalue weighted by Gasteiger charge is 2.32. The van der Waals surface area contributed by atoms with Crippen LogP contribution in [0.15, 0.2) is 30.6 Å². The summed E-state index contributed by atoms with van der Waals surface area (Å²) >= 11 is 1.26. The fourth-order valence-corrected chi connectivity index (χ4v) is 6.50. The number of rotatable bonds is 1. The van der Waals surface area contributed by atoms with Crippen molar-refractivity contribution < 1.29 is 27.4 Å². The number of thiophene rings is 1. The second-order valence-electron chi connectivity index (χ2n) is 10.4. The van der Waals surface area contributed by atoms with Crippen LogP contribution in [0.1, 0.15) is 33.6 Å². The van der Waals surface area contributed by atoms with E-state index in [1.165, 1.54) is 17.5 Å². The maximum atomic E-state index is 13.6. The zero-order valence-corrected chi connectivity index (χ0v) is 23.7. The molecule has 0 saturated carbocycles. The summed E-state index contributed by atoms with van der Waals surface area (Å²) in [6.45, 7) is 4.30. The third kappa shape index (κ3) is 7.80.